The van der Waals surface area contributed by atoms with Gasteiger partial charge in [0.1, 0.15) is 5.60 Å². The second kappa shape index (κ2) is 9.04. The molecule has 0 spiro atoms. The van der Waals surface area contributed by atoms with Crippen LogP contribution in [0.4, 0.5) is 4.79 Å². The lowest BCUT2D eigenvalue weighted by atomic mass is 10.1. The van der Waals surface area contributed by atoms with Crippen LogP contribution in [-0.4, -0.2) is 65.8 Å². The number of hydrogen-bond acceptors (Lipinski definition) is 4. The van der Waals surface area contributed by atoms with Crippen molar-refractivity contribution in [3.05, 3.63) is 0 Å². The van der Waals surface area contributed by atoms with Crippen LogP contribution in [0.15, 0.2) is 0 Å². The largest absolute Gasteiger partial charge is 0.444 e. The van der Waals surface area contributed by atoms with E-state index in [-0.39, 0.29) is 11.6 Å². The minimum atomic E-state index is -0.463. The number of amides is 1. The average molecular weight is 342 g/mol. The van der Waals surface area contributed by atoms with Gasteiger partial charge in [0.05, 0.1) is 0 Å². The molecular weight excluding hydrogens is 302 g/mol. The number of nitrogens with zero attached hydrogens (tertiary/aromatic N) is 2. The lowest BCUT2D eigenvalue weighted by molar-refractivity contribution is 0.00641. The molecule has 1 amide bonds. The second-order valence-corrected chi connectivity index (χ2v) is 9.02. The minimum absolute atomic E-state index is 0.236. The van der Waals surface area contributed by atoms with E-state index in [9.17, 15) is 4.79 Å². The first kappa shape index (κ1) is 21.2. The van der Waals surface area contributed by atoms with Crippen molar-refractivity contribution in [2.75, 3.05) is 32.7 Å². The van der Waals surface area contributed by atoms with E-state index in [0.29, 0.717) is 12.6 Å². The second-order valence-electron chi connectivity index (χ2n) is 9.02. The molecular formula is C19H39N3O2. The van der Waals surface area contributed by atoms with Crippen LogP contribution in [0.25, 0.3) is 0 Å². The number of piperidine rings is 1. The molecule has 0 aromatic heterocycles. The maximum Gasteiger partial charge on any atom is 0.410 e. The summed E-state index contributed by atoms with van der Waals surface area (Å²) in [5.74, 6) is 0. The molecule has 1 heterocycles. The Morgan fingerprint density at radius 1 is 1.12 bits per heavy atom. The molecule has 1 atom stereocenters. The Morgan fingerprint density at radius 2 is 1.71 bits per heavy atom. The molecule has 1 rings (SSSR count). The third kappa shape index (κ3) is 8.34. The van der Waals surface area contributed by atoms with E-state index in [1.165, 1.54) is 32.4 Å². The van der Waals surface area contributed by atoms with E-state index in [4.69, 9.17) is 4.74 Å². The molecule has 1 aliphatic heterocycles. The maximum atomic E-state index is 12.5. The number of rotatable bonds is 6. The van der Waals surface area contributed by atoms with Crippen molar-refractivity contribution in [2.45, 2.75) is 84.9 Å². The Labute approximate surface area is 149 Å². The molecule has 5 nitrogen and oxygen atoms in total. The third-order valence-corrected chi connectivity index (χ3v) is 4.23. The lowest BCUT2D eigenvalue weighted by Gasteiger charge is -2.37. The number of hydrogen-bond donors (Lipinski definition) is 1. The number of carbonyl (C=O) groups is 1. The minimum Gasteiger partial charge on any atom is -0.444 e. The molecule has 142 valence electrons. The first-order valence-electron chi connectivity index (χ1n) is 9.45. The van der Waals surface area contributed by atoms with Gasteiger partial charge >= 0.3 is 6.09 Å². The van der Waals surface area contributed by atoms with Gasteiger partial charge in [-0.05, 0) is 74.4 Å². The monoisotopic (exact) mass is 341 g/mol. The van der Waals surface area contributed by atoms with Gasteiger partial charge in [0.25, 0.3) is 0 Å². The van der Waals surface area contributed by atoms with Gasteiger partial charge in [0, 0.05) is 31.2 Å². The van der Waals surface area contributed by atoms with Crippen LogP contribution in [0.3, 0.4) is 0 Å². The molecule has 1 aliphatic rings. The summed E-state index contributed by atoms with van der Waals surface area (Å²) < 4.78 is 5.56. The van der Waals surface area contributed by atoms with E-state index in [1.54, 1.807) is 0 Å². The summed E-state index contributed by atoms with van der Waals surface area (Å²) in [6, 6.07) is 0.434. The standard InChI is InChI=1S/C19H39N3O2/c1-16(15-21-12-9-8-10-13-21)20-11-14-22(18(2,3)4)17(23)24-19(5,6)7/h16,20H,8-15H2,1-7H3. The van der Waals surface area contributed by atoms with Crippen molar-refractivity contribution in [3.63, 3.8) is 0 Å². The van der Waals surface area contributed by atoms with Crippen molar-refractivity contribution in [1.82, 2.24) is 15.1 Å². The molecule has 24 heavy (non-hydrogen) atoms. The summed E-state index contributed by atoms with van der Waals surface area (Å²) >= 11 is 0. The highest BCUT2D eigenvalue weighted by Crippen LogP contribution is 2.18. The van der Waals surface area contributed by atoms with Crippen LogP contribution in [-0.2, 0) is 4.74 Å². The van der Waals surface area contributed by atoms with Crippen molar-refractivity contribution < 1.29 is 9.53 Å². The number of ether oxygens (including phenoxy) is 1. The van der Waals surface area contributed by atoms with Crippen molar-refractivity contribution >= 4 is 6.09 Å². The Balaban J connectivity index is 2.42. The van der Waals surface area contributed by atoms with E-state index >= 15 is 0 Å². The van der Waals surface area contributed by atoms with E-state index in [0.717, 1.165) is 13.1 Å². The third-order valence-electron chi connectivity index (χ3n) is 4.23. The van der Waals surface area contributed by atoms with Gasteiger partial charge in [-0.2, -0.15) is 0 Å². The normalized spacial score (nSPS) is 18.3. The maximum absolute atomic E-state index is 12.5. The van der Waals surface area contributed by atoms with E-state index in [2.05, 4.69) is 17.1 Å². The smallest absolute Gasteiger partial charge is 0.410 e. The van der Waals surface area contributed by atoms with Crippen LogP contribution in [0.1, 0.15) is 67.7 Å². The summed E-state index contributed by atoms with van der Waals surface area (Å²) in [4.78, 5) is 16.8. The Hall–Kier alpha value is -0.810. The Morgan fingerprint density at radius 3 is 2.21 bits per heavy atom. The number of likely N-dealkylation sites (tertiary alicyclic amines) is 1. The first-order valence-corrected chi connectivity index (χ1v) is 9.45. The van der Waals surface area contributed by atoms with Crippen LogP contribution >= 0.6 is 0 Å². The predicted octanol–water partition coefficient (Wildman–Crippen LogP) is 3.49. The zero-order valence-electron chi connectivity index (χ0n) is 16.9. The Kier molecular flexibility index (Phi) is 8.00. The molecule has 5 heteroatoms. The van der Waals surface area contributed by atoms with Crippen LogP contribution in [0.2, 0.25) is 0 Å². The molecule has 0 aromatic rings. The molecule has 1 saturated heterocycles. The zero-order valence-corrected chi connectivity index (χ0v) is 16.9. The van der Waals surface area contributed by atoms with Crippen molar-refractivity contribution in [2.24, 2.45) is 0 Å². The molecule has 0 aliphatic carbocycles. The van der Waals surface area contributed by atoms with Gasteiger partial charge in [0.2, 0.25) is 0 Å². The van der Waals surface area contributed by atoms with Gasteiger partial charge in [-0.1, -0.05) is 6.42 Å². The average Bonchev–Trinajstić information content (AvgIpc) is 2.41. The molecule has 1 fully saturated rings. The fourth-order valence-corrected chi connectivity index (χ4v) is 3.03. The first-order chi connectivity index (χ1) is 11.0. The van der Waals surface area contributed by atoms with E-state index in [1.807, 2.05) is 46.4 Å². The van der Waals surface area contributed by atoms with E-state index < -0.39 is 5.60 Å². The summed E-state index contributed by atoms with van der Waals surface area (Å²) in [6.45, 7) is 19.1. The number of nitrogens with one attached hydrogen (secondary N) is 1. The lowest BCUT2D eigenvalue weighted by Crippen LogP contribution is -2.51. The van der Waals surface area contributed by atoms with Gasteiger partial charge in [-0.3, -0.25) is 0 Å². The summed E-state index contributed by atoms with van der Waals surface area (Å²) in [5.41, 5.74) is -0.713. The van der Waals surface area contributed by atoms with Crippen LogP contribution in [0.5, 0.6) is 0 Å². The molecule has 1 N–H and O–H groups in total. The van der Waals surface area contributed by atoms with Gasteiger partial charge in [0.15, 0.2) is 0 Å². The SMILES string of the molecule is CC(CN1CCCCC1)NCCN(C(=O)OC(C)(C)C)C(C)(C)C. The van der Waals surface area contributed by atoms with Gasteiger partial charge in [-0.15, -0.1) is 0 Å². The fourth-order valence-electron chi connectivity index (χ4n) is 3.03. The van der Waals surface area contributed by atoms with Gasteiger partial charge < -0.3 is 19.9 Å². The highest BCUT2D eigenvalue weighted by Gasteiger charge is 2.30. The summed E-state index contributed by atoms with van der Waals surface area (Å²) in [6.07, 6.45) is 3.78. The highest BCUT2D eigenvalue weighted by molar-refractivity contribution is 5.69. The van der Waals surface area contributed by atoms with Crippen LogP contribution < -0.4 is 5.32 Å². The zero-order chi connectivity index (χ0) is 18.4. The Bertz CT molecular complexity index is 379. The molecule has 0 aromatic carbocycles. The fraction of sp³-hybridized carbons (Fsp3) is 0.947. The highest BCUT2D eigenvalue weighted by atomic mass is 16.6. The van der Waals surface area contributed by atoms with Crippen molar-refractivity contribution in [1.29, 1.82) is 0 Å². The summed E-state index contributed by atoms with van der Waals surface area (Å²) in [7, 11) is 0. The van der Waals surface area contributed by atoms with Crippen molar-refractivity contribution in [3.8, 4) is 0 Å². The predicted molar refractivity (Wildman–Crippen MR) is 100 cm³/mol. The molecule has 1 unspecified atom stereocenters. The molecule has 0 bridgehead atoms. The topological polar surface area (TPSA) is 44.8 Å². The van der Waals surface area contributed by atoms with Gasteiger partial charge in [-0.25, -0.2) is 4.79 Å². The van der Waals surface area contributed by atoms with Crippen LogP contribution in [0, 0.1) is 0 Å². The molecule has 0 saturated carbocycles. The molecule has 0 radical (unpaired) electrons. The summed E-state index contributed by atoms with van der Waals surface area (Å²) in [5, 5.41) is 3.56. The quantitative estimate of drug-likeness (QED) is 0.803. The number of carbonyl (C=O) groups excluding carboxylic acids is 1.